The molecule has 0 radical (unpaired) electrons. The van der Waals surface area contributed by atoms with E-state index in [1.807, 2.05) is 12.1 Å². The molecule has 2 atom stereocenters. The zero-order valence-electron chi connectivity index (χ0n) is 7.86. The summed E-state index contributed by atoms with van der Waals surface area (Å²) >= 11 is 0. The molecule has 1 aliphatic rings. The molecule has 2 unspecified atom stereocenters. The van der Waals surface area contributed by atoms with Gasteiger partial charge in [0.15, 0.2) is 0 Å². The van der Waals surface area contributed by atoms with Crippen molar-refractivity contribution in [3.63, 3.8) is 0 Å². The Morgan fingerprint density at radius 1 is 1.54 bits per heavy atom. The van der Waals surface area contributed by atoms with Crippen LogP contribution in [0.1, 0.15) is 18.4 Å². The molecule has 0 saturated heterocycles. The summed E-state index contributed by atoms with van der Waals surface area (Å²) in [4.78, 5) is 0. The van der Waals surface area contributed by atoms with E-state index in [9.17, 15) is 0 Å². The first-order valence-electron chi connectivity index (χ1n) is 4.74. The molecule has 1 aromatic carbocycles. The van der Waals surface area contributed by atoms with Gasteiger partial charge in [-0.05, 0) is 18.5 Å². The number of nitrogens with two attached hydrogens (primary N) is 1. The lowest BCUT2D eigenvalue weighted by atomic mass is 9.89. The Balaban J connectivity index is 2.28. The van der Waals surface area contributed by atoms with Gasteiger partial charge in [0.1, 0.15) is 5.75 Å². The van der Waals surface area contributed by atoms with Crippen LogP contribution >= 0.6 is 0 Å². The lowest BCUT2D eigenvalue weighted by Gasteiger charge is -2.15. The number of rotatable bonds is 2. The van der Waals surface area contributed by atoms with E-state index in [1.54, 1.807) is 0 Å². The Morgan fingerprint density at radius 3 is 3.08 bits per heavy atom. The summed E-state index contributed by atoms with van der Waals surface area (Å²) in [7, 11) is 0. The van der Waals surface area contributed by atoms with Crippen molar-refractivity contribution in [2.75, 3.05) is 13.2 Å². The summed E-state index contributed by atoms with van der Waals surface area (Å²) in [6, 6.07) is 8.23. The van der Waals surface area contributed by atoms with E-state index in [0.717, 1.165) is 18.9 Å². The number of hydrogen-bond acceptors (Lipinski definition) is 2. The first kappa shape index (κ1) is 8.57. The fraction of sp³-hybridized carbons (Fsp3) is 0.455. The highest BCUT2D eigenvalue weighted by molar-refractivity contribution is 5.39. The standard InChI is InChI=1S/C11H15NO/c1-8(6-12)10-7-13-11-5-3-2-4-9(10)11/h2-5,8,10H,6-7,12H2,1H3. The Hall–Kier alpha value is -1.02. The minimum atomic E-state index is 0.487. The maximum Gasteiger partial charge on any atom is 0.122 e. The summed E-state index contributed by atoms with van der Waals surface area (Å²) in [5.41, 5.74) is 6.97. The zero-order chi connectivity index (χ0) is 9.26. The maximum atomic E-state index is 5.65. The van der Waals surface area contributed by atoms with Gasteiger partial charge in [0.05, 0.1) is 6.61 Å². The summed E-state index contributed by atoms with van der Waals surface area (Å²) in [5.74, 6) is 2.03. The van der Waals surface area contributed by atoms with Gasteiger partial charge < -0.3 is 10.5 Å². The van der Waals surface area contributed by atoms with Crippen LogP contribution < -0.4 is 10.5 Å². The highest BCUT2D eigenvalue weighted by Gasteiger charge is 2.27. The molecular formula is C11H15NO. The summed E-state index contributed by atoms with van der Waals surface area (Å²) in [6.45, 7) is 3.69. The molecule has 0 bridgehead atoms. The molecule has 0 saturated carbocycles. The number of para-hydroxylation sites is 1. The lowest BCUT2D eigenvalue weighted by molar-refractivity contribution is 0.299. The van der Waals surface area contributed by atoms with E-state index in [4.69, 9.17) is 10.5 Å². The van der Waals surface area contributed by atoms with Gasteiger partial charge in [-0.25, -0.2) is 0 Å². The van der Waals surface area contributed by atoms with Crippen LogP contribution in [0.15, 0.2) is 24.3 Å². The summed E-state index contributed by atoms with van der Waals surface area (Å²) in [6.07, 6.45) is 0. The monoisotopic (exact) mass is 177 g/mol. The minimum absolute atomic E-state index is 0.487. The number of benzene rings is 1. The molecule has 1 aliphatic heterocycles. The molecule has 2 heteroatoms. The SMILES string of the molecule is CC(CN)C1COc2ccccc21. The molecule has 0 aromatic heterocycles. The average Bonchev–Trinajstić information content (AvgIpc) is 2.60. The van der Waals surface area contributed by atoms with Crippen LogP contribution in [-0.4, -0.2) is 13.2 Å². The van der Waals surface area contributed by atoms with Crippen molar-refractivity contribution in [2.45, 2.75) is 12.8 Å². The fourth-order valence-electron chi connectivity index (χ4n) is 1.82. The third-order valence-electron chi connectivity index (χ3n) is 2.80. The predicted octanol–water partition coefficient (Wildman–Crippen LogP) is 1.76. The summed E-state index contributed by atoms with van der Waals surface area (Å²) < 4.78 is 5.58. The molecule has 0 fully saturated rings. The van der Waals surface area contributed by atoms with Gasteiger partial charge >= 0.3 is 0 Å². The second kappa shape index (κ2) is 3.38. The molecule has 2 nitrogen and oxygen atoms in total. The molecule has 0 amide bonds. The largest absolute Gasteiger partial charge is 0.493 e. The van der Waals surface area contributed by atoms with Crippen LogP contribution in [0.2, 0.25) is 0 Å². The normalized spacial score (nSPS) is 22.2. The first-order valence-corrected chi connectivity index (χ1v) is 4.74. The molecule has 1 heterocycles. The Morgan fingerprint density at radius 2 is 2.31 bits per heavy atom. The predicted molar refractivity (Wildman–Crippen MR) is 52.9 cm³/mol. The number of hydrogen-bond donors (Lipinski definition) is 1. The molecule has 13 heavy (non-hydrogen) atoms. The third-order valence-corrected chi connectivity index (χ3v) is 2.80. The highest BCUT2D eigenvalue weighted by Crippen LogP contribution is 2.37. The van der Waals surface area contributed by atoms with Gasteiger partial charge in [0, 0.05) is 11.5 Å². The van der Waals surface area contributed by atoms with Crippen LogP contribution in [0, 0.1) is 5.92 Å². The van der Waals surface area contributed by atoms with E-state index in [0.29, 0.717) is 11.8 Å². The van der Waals surface area contributed by atoms with Crippen molar-refractivity contribution >= 4 is 0 Å². The van der Waals surface area contributed by atoms with Crippen molar-refractivity contribution in [3.8, 4) is 5.75 Å². The second-order valence-corrected chi connectivity index (χ2v) is 3.67. The first-order chi connectivity index (χ1) is 6.33. The zero-order valence-corrected chi connectivity index (χ0v) is 7.86. The fourth-order valence-corrected chi connectivity index (χ4v) is 1.82. The molecule has 1 aromatic rings. The van der Waals surface area contributed by atoms with Gasteiger partial charge in [0.2, 0.25) is 0 Å². The van der Waals surface area contributed by atoms with Gasteiger partial charge in [-0.1, -0.05) is 25.1 Å². The van der Waals surface area contributed by atoms with Crippen LogP contribution in [0.5, 0.6) is 5.75 Å². The second-order valence-electron chi connectivity index (χ2n) is 3.67. The van der Waals surface area contributed by atoms with Crippen molar-refractivity contribution < 1.29 is 4.74 Å². The lowest BCUT2D eigenvalue weighted by Crippen LogP contribution is -2.20. The maximum absolute atomic E-state index is 5.65. The van der Waals surface area contributed by atoms with E-state index >= 15 is 0 Å². The van der Waals surface area contributed by atoms with E-state index in [1.165, 1.54) is 5.56 Å². The van der Waals surface area contributed by atoms with E-state index in [-0.39, 0.29) is 0 Å². The topological polar surface area (TPSA) is 35.2 Å². The van der Waals surface area contributed by atoms with Crippen molar-refractivity contribution in [3.05, 3.63) is 29.8 Å². The third kappa shape index (κ3) is 1.42. The molecule has 0 spiro atoms. The highest BCUT2D eigenvalue weighted by atomic mass is 16.5. The molecule has 2 rings (SSSR count). The van der Waals surface area contributed by atoms with Gasteiger partial charge in [-0.2, -0.15) is 0 Å². The van der Waals surface area contributed by atoms with Crippen molar-refractivity contribution in [1.82, 2.24) is 0 Å². The molecule has 2 N–H and O–H groups in total. The van der Waals surface area contributed by atoms with E-state index in [2.05, 4.69) is 19.1 Å². The smallest absolute Gasteiger partial charge is 0.122 e. The van der Waals surface area contributed by atoms with Crippen LogP contribution in [0.3, 0.4) is 0 Å². The van der Waals surface area contributed by atoms with E-state index < -0.39 is 0 Å². The van der Waals surface area contributed by atoms with Crippen LogP contribution in [-0.2, 0) is 0 Å². The van der Waals surface area contributed by atoms with Crippen molar-refractivity contribution in [1.29, 1.82) is 0 Å². The summed E-state index contributed by atoms with van der Waals surface area (Å²) in [5, 5.41) is 0. The Bertz CT molecular complexity index is 298. The molecule has 70 valence electrons. The van der Waals surface area contributed by atoms with Gasteiger partial charge in [-0.3, -0.25) is 0 Å². The number of fused-ring (bicyclic) bond motifs is 1. The minimum Gasteiger partial charge on any atom is -0.493 e. The van der Waals surface area contributed by atoms with Crippen molar-refractivity contribution in [2.24, 2.45) is 11.7 Å². The Kier molecular flexibility index (Phi) is 2.23. The Labute approximate surface area is 78.7 Å². The van der Waals surface area contributed by atoms with Crippen LogP contribution in [0.25, 0.3) is 0 Å². The number of ether oxygens (including phenoxy) is 1. The van der Waals surface area contributed by atoms with Gasteiger partial charge in [0.25, 0.3) is 0 Å². The quantitative estimate of drug-likeness (QED) is 0.747. The average molecular weight is 177 g/mol. The molecule has 0 aliphatic carbocycles. The van der Waals surface area contributed by atoms with Gasteiger partial charge in [-0.15, -0.1) is 0 Å². The van der Waals surface area contributed by atoms with Crippen LogP contribution in [0.4, 0.5) is 0 Å². The molecular weight excluding hydrogens is 162 g/mol.